The lowest BCUT2D eigenvalue weighted by molar-refractivity contribution is 0.0697. The topological polar surface area (TPSA) is 55.1 Å². The second-order valence-electron chi connectivity index (χ2n) is 4.50. The van der Waals surface area contributed by atoms with E-state index in [1.165, 1.54) is 18.6 Å². The van der Waals surface area contributed by atoms with Gasteiger partial charge in [0.1, 0.15) is 0 Å². The monoisotopic (exact) mass is 278 g/mol. The van der Waals surface area contributed by atoms with Crippen molar-refractivity contribution in [1.29, 1.82) is 0 Å². The first-order valence-corrected chi connectivity index (χ1v) is 7.79. The molecule has 0 saturated heterocycles. The largest absolute Gasteiger partial charge is 0.478 e. The molecule has 0 fully saturated rings. The first-order valence-electron chi connectivity index (χ1n) is 6.39. The molecular formula is C14H18N2O2S. The van der Waals surface area contributed by atoms with Crippen LogP contribution in [0.4, 0.5) is 0 Å². The van der Waals surface area contributed by atoms with E-state index in [2.05, 4.69) is 11.2 Å². The van der Waals surface area contributed by atoms with E-state index in [0.29, 0.717) is 5.56 Å². The summed E-state index contributed by atoms with van der Waals surface area (Å²) in [6.45, 7) is 0.897. The minimum absolute atomic E-state index is 0.316. The highest BCUT2D eigenvalue weighted by Crippen LogP contribution is 2.16. The molecule has 0 radical (unpaired) electrons. The van der Waals surface area contributed by atoms with Crippen molar-refractivity contribution in [2.45, 2.75) is 25.8 Å². The maximum atomic E-state index is 11.0. The van der Waals surface area contributed by atoms with Gasteiger partial charge >= 0.3 is 5.97 Å². The zero-order valence-corrected chi connectivity index (χ0v) is 11.8. The van der Waals surface area contributed by atoms with Gasteiger partial charge in [0, 0.05) is 6.54 Å². The van der Waals surface area contributed by atoms with Crippen LogP contribution in [0.15, 0.2) is 24.5 Å². The lowest BCUT2D eigenvalue weighted by Gasteiger charge is -2.04. The third-order valence-electron chi connectivity index (χ3n) is 3.12. The van der Waals surface area contributed by atoms with Gasteiger partial charge in [0.15, 0.2) is 0 Å². The molecule has 2 rings (SSSR count). The van der Waals surface area contributed by atoms with Crippen molar-refractivity contribution in [3.8, 4) is 0 Å². The Labute approximate surface area is 116 Å². The van der Waals surface area contributed by atoms with Gasteiger partial charge in [-0.1, -0.05) is 6.42 Å². The van der Waals surface area contributed by atoms with Gasteiger partial charge in [-0.05, 0) is 43.0 Å². The van der Waals surface area contributed by atoms with Gasteiger partial charge in [-0.3, -0.25) is 0 Å². The summed E-state index contributed by atoms with van der Waals surface area (Å²) in [5, 5.41) is 9.01. The van der Waals surface area contributed by atoms with Crippen molar-refractivity contribution < 1.29 is 9.90 Å². The van der Waals surface area contributed by atoms with Crippen molar-refractivity contribution >= 4 is 28.8 Å². The van der Waals surface area contributed by atoms with Crippen LogP contribution in [-0.4, -0.2) is 32.6 Å². The first-order chi connectivity index (χ1) is 9.22. The van der Waals surface area contributed by atoms with Gasteiger partial charge in [0.05, 0.1) is 22.9 Å². The van der Waals surface area contributed by atoms with Crippen molar-refractivity contribution in [3.05, 3.63) is 30.1 Å². The minimum atomic E-state index is -0.894. The number of hydrogen-bond donors (Lipinski definition) is 1. The summed E-state index contributed by atoms with van der Waals surface area (Å²) in [5.74, 6) is 0.308. The normalized spacial score (nSPS) is 11.0. The molecule has 0 aliphatic rings. The fourth-order valence-corrected chi connectivity index (χ4v) is 2.57. The molecule has 0 unspecified atom stereocenters. The second-order valence-corrected chi connectivity index (χ2v) is 5.49. The summed E-state index contributed by atoms with van der Waals surface area (Å²) in [7, 11) is 0. The molecule has 2 aromatic rings. The summed E-state index contributed by atoms with van der Waals surface area (Å²) in [4.78, 5) is 15.3. The number of imidazole rings is 1. The highest BCUT2D eigenvalue weighted by molar-refractivity contribution is 7.98. The zero-order chi connectivity index (χ0) is 13.7. The summed E-state index contributed by atoms with van der Waals surface area (Å²) < 4.78 is 2.04. The van der Waals surface area contributed by atoms with Crippen LogP contribution >= 0.6 is 11.8 Å². The molecule has 0 spiro atoms. The van der Waals surface area contributed by atoms with Crippen LogP contribution in [-0.2, 0) is 6.54 Å². The van der Waals surface area contributed by atoms with Crippen LogP contribution in [0.25, 0.3) is 11.0 Å². The quantitative estimate of drug-likeness (QED) is 0.790. The number of hydrogen-bond acceptors (Lipinski definition) is 3. The van der Waals surface area contributed by atoms with Crippen LogP contribution < -0.4 is 0 Å². The van der Waals surface area contributed by atoms with Crippen LogP contribution in [0.2, 0.25) is 0 Å². The van der Waals surface area contributed by atoms with E-state index in [1.54, 1.807) is 24.5 Å². The first kappa shape index (κ1) is 13.9. The Hall–Kier alpha value is -1.49. The van der Waals surface area contributed by atoms with E-state index in [4.69, 9.17) is 5.11 Å². The number of carboxylic acids is 1. The fourth-order valence-electron chi connectivity index (χ4n) is 2.07. The number of benzene rings is 1. The van der Waals surface area contributed by atoms with Gasteiger partial charge in [0.25, 0.3) is 0 Å². The van der Waals surface area contributed by atoms with Gasteiger partial charge in [0.2, 0.25) is 0 Å². The van der Waals surface area contributed by atoms with Crippen LogP contribution in [0.5, 0.6) is 0 Å². The zero-order valence-electron chi connectivity index (χ0n) is 11.0. The summed E-state index contributed by atoms with van der Waals surface area (Å²) in [6.07, 6.45) is 7.44. The van der Waals surface area contributed by atoms with Gasteiger partial charge in [-0.15, -0.1) is 0 Å². The number of aryl methyl sites for hydroxylation is 1. The van der Waals surface area contributed by atoms with E-state index in [-0.39, 0.29) is 0 Å². The molecule has 0 saturated carbocycles. The number of rotatable bonds is 7. The molecule has 1 aromatic carbocycles. The van der Waals surface area contributed by atoms with Crippen LogP contribution in [0, 0.1) is 0 Å². The van der Waals surface area contributed by atoms with Crippen molar-refractivity contribution in [2.75, 3.05) is 12.0 Å². The SMILES string of the molecule is CSCCCCCn1cnc2ccc(C(=O)O)cc21. The Morgan fingerprint density at radius 2 is 2.21 bits per heavy atom. The molecule has 1 aromatic heterocycles. The number of thioether (sulfide) groups is 1. The number of carbonyl (C=O) groups is 1. The van der Waals surface area contributed by atoms with Crippen LogP contribution in [0.3, 0.4) is 0 Å². The molecule has 5 heteroatoms. The number of carboxylic acid groups (broad SMARTS) is 1. The Kier molecular flexibility index (Phi) is 4.85. The number of aromatic carboxylic acids is 1. The standard InChI is InChI=1S/C14H18N2O2S/c1-19-8-4-2-3-7-16-10-15-12-6-5-11(14(17)18)9-13(12)16/h5-6,9-10H,2-4,7-8H2,1H3,(H,17,18). The highest BCUT2D eigenvalue weighted by Gasteiger charge is 2.07. The average Bonchev–Trinajstić information content (AvgIpc) is 2.81. The maximum Gasteiger partial charge on any atom is 0.335 e. The number of nitrogens with zero attached hydrogens (tertiary/aromatic N) is 2. The average molecular weight is 278 g/mol. The Balaban J connectivity index is 2.06. The third-order valence-corrected chi connectivity index (χ3v) is 3.81. The van der Waals surface area contributed by atoms with Gasteiger partial charge in [-0.25, -0.2) is 9.78 Å². The third kappa shape index (κ3) is 3.50. The number of unbranched alkanes of at least 4 members (excludes halogenated alkanes) is 2. The molecule has 19 heavy (non-hydrogen) atoms. The molecule has 1 N–H and O–H groups in total. The van der Waals surface area contributed by atoms with Crippen molar-refractivity contribution in [1.82, 2.24) is 9.55 Å². The van der Waals surface area contributed by atoms with Crippen molar-refractivity contribution in [3.63, 3.8) is 0 Å². The van der Waals surface area contributed by atoms with Crippen LogP contribution in [0.1, 0.15) is 29.6 Å². The molecule has 0 aliphatic heterocycles. The lowest BCUT2D eigenvalue weighted by Crippen LogP contribution is -1.99. The second kappa shape index (κ2) is 6.61. The fraction of sp³-hybridized carbons (Fsp3) is 0.429. The van der Waals surface area contributed by atoms with Crippen molar-refractivity contribution in [2.24, 2.45) is 0 Å². The van der Waals surface area contributed by atoms with E-state index >= 15 is 0 Å². The maximum absolute atomic E-state index is 11.0. The van der Waals surface area contributed by atoms with E-state index in [9.17, 15) is 4.79 Å². The van der Waals surface area contributed by atoms with E-state index in [0.717, 1.165) is 24.0 Å². The smallest absolute Gasteiger partial charge is 0.335 e. The molecule has 0 amide bonds. The highest BCUT2D eigenvalue weighted by atomic mass is 32.2. The number of fused-ring (bicyclic) bond motifs is 1. The molecule has 4 nitrogen and oxygen atoms in total. The number of aromatic nitrogens is 2. The van der Waals surface area contributed by atoms with E-state index < -0.39 is 5.97 Å². The Morgan fingerprint density at radius 3 is 2.95 bits per heavy atom. The van der Waals surface area contributed by atoms with E-state index in [1.807, 2.05) is 16.3 Å². The molecule has 0 atom stereocenters. The summed E-state index contributed by atoms with van der Waals surface area (Å²) in [5.41, 5.74) is 2.08. The predicted molar refractivity (Wildman–Crippen MR) is 78.9 cm³/mol. The Morgan fingerprint density at radius 1 is 1.37 bits per heavy atom. The predicted octanol–water partition coefficient (Wildman–Crippen LogP) is 3.27. The molecule has 1 heterocycles. The lowest BCUT2D eigenvalue weighted by atomic mass is 10.2. The molecule has 0 aliphatic carbocycles. The molecule has 102 valence electrons. The molecule has 0 bridgehead atoms. The van der Waals surface area contributed by atoms with Gasteiger partial charge in [-0.2, -0.15) is 11.8 Å². The summed E-state index contributed by atoms with van der Waals surface area (Å²) >= 11 is 1.87. The molecular weight excluding hydrogens is 260 g/mol. The minimum Gasteiger partial charge on any atom is -0.478 e. The summed E-state index contributed by atoms with van der Waals surface area (Å²) in [6, 6.07) is 5.07. The van der Waals surface area contributed by atoms with Gasteiger partial charge < -0.3 is 9.67 Å². The Bertz CT molecular complexity index is 566.